The molecule has 0 bridgehead atoms. The van der Waals surface area contributed by atoms with E-state index in [9.17, 15) is 14.4 Å². The third-order valence-corrected chi connectivity index (χ3v) is 3.21. The number of piperazine rings is 1. The number of carbonyl (C=O) groups is 3. The van der Waals surface area contributed by atoms with Gasteiger partial charge in [-0.15, -0.1) is 0 Å². The average Bonchev–Trinajstić information content (AvgIpc) is 2.39. The lowest BCUT2D eigenvalue weighted by Gasteiger charge is -2.32. The summed E-state index contributed by atoms with van der Waals surface area (Å²) in [6.45, 7) is 5.66. The summed E-state index contributed by atoms with van der Waals surface area (Å²) in [6, 6.07) is -0.655. The molecule has 20 heavy (non-hydrogen) atoms. The van der Waals surface area contributed by atoms with Crippen molar-refractivity contribution in [3.05, 3.63) is 11.1 Å². The molecule has 0 radical (unpaired) electrons. The molecule has 0 aromatic heterocycles. The Morgan fingerprint density at radius 3 is 2.05 bits per heavy atom. The molecule has 0 saturated carbocycles. The lowest BCUT2D eigenvalue weighted by Crippen LogP contribution is -2.55. The SMILES string of the molecule is CC(C(=O)O)=C(C)C(=O)NC(=O)NN1CCN(C)CC1. The van der Waals surface area contributed by atoms with Crippen molar-refractivity contribution >= 4 is 17.9 Å². The van der Waals surface area contributed by atoms with Gasteiger partial charge >= 0.3 is 12.0 Å². The van der Waals surface area contributed by atoms with Crippen LogP contribution in [0.5, 0.6) is 0 Å². The van der Waals surface area contributed by atoms with Crippen LogP contribution in [0.4, 0.5) is 4.79 Å². The van der Waals surface area contributed by atoms with E-state index in [4.69, 9.17) is 5.11 Å². The zero-order valence-corrected chi connectivity index (χ0v) is 11.9. The van der Waals surface area contributed by atoms with Gasteiger partial charge < -0.3 is 10.0 Å². The van der Waals surface area contributed by atoms with Gasteiger partial charge in [0.15, 0.2) is 0 Å². The minimum Gasteiger partial charge on any atom is -0.478 e. The predicted octanol–water partition coefficient (Wildman–Crippen LogP) is -0.604. The summed E-state index contributed by atoms with van der Waals surface area (Å²) in [5, 5.41) is 12.6. The van der Waals surface area contributed by atoms with Crippen LogP contribution in [0.3, 0.4) is 0 Å². The van der Waals surface area contributed by atoms with Crippen LogP contribution < -0.4 is 10.7 Å². The summed E-state index contributed by atoms with van der Waals surface area (Å²) in [6.07, 6.45) is 0. The maximum Gasteiger partial charge on any atom is 0.336 e. The molecule has 0 unspecified atom stereocenters. The highest BCUT2D eigenvalue weighted by molar-refractivity contribution is 6.07. The first-order chi connectivity index (χ1) is 9.31. The van der Waals surface area contributed by atoms with E-state index in [1.807, 2.05) is 7.05 Å². The number of imide groups is 1. The maximum atomic E-state index is 11.7. The van der Waals surface area contributed by atoms with E-state index >= 15 is 0 Å². The molecule has 8 nitrogen and oxygen atoms in total. The van der Waals surface area contributed by atoms with Crippen LogP contribution in [0.1, 0.15) is 13.8 Å². The molecular formula is C12H20N4O4. The Bertz CT molecular complexity index is 439. The summed E-state index contributed by atoms with van der Waals surface area (Å²) < 4.78 is 0. The Morgan fingerprint density at radius 2 is 1.55 bits per heavy atom. The van der Waals surface area contributed by atoms with E-state index in [1.54, 1.807) is 5.01 Å². The van der Waals surface area contributed by atoms with Crippen LogP contribution in [0, 0.1) is 0 Å². The first-order valence-corrected chi connectivity index (χ1v) is 6.27. The number of nitrogens with zero attached hydrogens (tertiary/aromatic N) is 2. The normalized spacial score (nSPS) is 18.1. The number of carboxylic acids is 1. The number of hydrogen-bond acceptors (Lipinski definition) is 5. The van der Waals surface area contributed by atoms with Gasteiger partial charge in [-0.25, -0.2) is 14.6 Å². The predicted molar refractivity (Wildman–Crippen MR) is 71.8 cm³/mol. The van der Waals surface area contributed by atoms with Gasteiger partial charge in [0.05, 0.1) is 0 Å². The zero-order valence-electron chi connectivity index (χ0n) is 11.9. The molecule has 3 N–H and O–H groups in total. The van der Waals surface area contributed by atoms with Gasteiger partial charge in [-0.2, -0.15) is 0 Å². The second-order valence-corrected chi connectivity index (χ2v) is 4.74. The van der Waals surface area contributed by atoms with Gasteiger partial charge in [-0.1, -0.05) is 0 Å². The van der Waals surface area contributed by atoms with Crippen molar-refractivity contribution in [1.82, 2.24) is 20.7 Å². The number of nitrogens with one attached hydrogen (secondary N) is 2. The summed E-state index contributed by atoms with van der Waals surface area (Å²) in [4.78, 5) is 36.2. The molecule has 1 fully saturated rings. The molecular weight excluding hydrogens is 264 g/mol. The highest BCUT2D eigenvalue weighted by Gasteiger charge is 2.18. The molecule has 1 saturated heterocycles. The Hall–Kier alpha value is -1.93. The van der Waals surface area contributed by atoms with E-state index in [0.717, 1.165) is 13.1 Å². The van der Waals surface area contributed by atoms with Crippen LogP contribution in [0.15, 0.2) is 11.1 Å². The minimum atomic E-state index is -1.18. The lowest BCUT2D eigenvalue weighted by molar-refractivity contribution is -0.133. The van der Waals surface area contributed by atoms with Gasteiger partial charge in [-0.05, 0) is 20.9 Å². The summed E-state index contributed by atoms with van der Waals surface area (Å²) in [7, 11) is 1.99. The molecule has 0 aromatic rings. The summed E-state index contributed by atoms with van der Waals surface area (Å²) >= 11 is 0. The number of amides is 3. The van der Waals surface area contributed by atoms with E-state index in [2.05, 4.69) is 15.6 Å². The van der Waals surface area contributed by atoms with Crippen molar-refractivity contribution < 1.29 is 19.5 Å². The minimum absolute atomic E-state index is 0.00558. The second kappa shape index (κ2) is 7.01. The monoisotopic (exact) mass is 284 g/mol. The number of hydrazine groups is 1. The van der Waals surface area contributed by atoms with Crippen molar-refractivity contribution in [3.8, 4) is 0 Å². The van der Waals surface area contributed by atoms with Crippen LogP contribution in [0.25, 0.3) is 0 Å². The van der Waals surface area contributed by atoms with Crippen LogP contribution in [0.2, 0.25) is 0 Å². The highest BCUT2D eigenvalue weighted by atomic mass is 16.4. The first-order valence-electron chi connectivity index (χ1n) is 6.27. The fourth-order valence-corrected chi connectivity index (χ4v) is 1.62. The molecule has 8 heteroatoms. The van der Waals surface area contributed by atoms with E-state index in [0.29, 0.717) is 13.1 Å². The molecule has 1 aliphatic heterocycles. The molecule has 1 aliphatic rings. The molecule has 112 valence electrons. The van der Waals surface area contributed by atoms with Crippen molar-refractivity contribution in [2.75, 3.05) is 33.2 Å². The Labute approximate surface area is 117 Å². The van der Waals surface area contributed by atoms with Gasteiger partial charge in [-0.3, -0.25) is 15.5 Å². The van der Waals surface area contributed by atoms with Crippen LogP contribution >= 0.6 is 0 Å². The number of likely N-dealkylation sites (N-methyl/N-ethyl adjacent to an activating group) is 1. The van der Waals surface area contributed by atoms with Gasteiger partial charge in [0.25, 0.3) is 5.91 Å². The highest BCUT2D eigenvalue weighted by Crippen LogP contribution is 2.03. The summed E-state index contributed by atoms with van der Waals surface area (Å²) in [5.41, 5.74) is 2.48. The van der Waals surface area contributed by atoms with Crippen molar-refractivity contribution in [2.45, 2.75) is 13.8 Å². The molecule has 0 spiro atoms. The fourth-order valence-electron chi connectivity index (χ4n) is 1.62. The molecule has 0 aromatic carbocycles. The molecule has 3 amide bonds. The lowest BCUT2D eigenvalue weighted by atomic mass is 10.1. The Balaban J connectivity index is 2.48. The van der Waals surface area contributed by atoms with E-state index in [1.165, 1.54) is 13.8 Å². The Morgan fingerprint density at radius 1 is 1.00 bits per heavy atom. The Kier molecular flexibility index (Phi) is 5.66. The molecule has 1 heterocycles. The number of carbonyl (C=O) groups excluding carboxylic acids is 2. The quantitative estimate of drug-likeness (QED) is 0.598. The average molecular weight is 284 g/mol. The van der Waals surface area contributed by atoms with E-state index < -0.39 is 17.9 Å². The topological polar surface area (TPSA) is 102 Å². The third-order valence-electron chi connectivity index (χ3n) is 3.21. The van der Waals surface area contributed by atoms with Crippen molar-refractivity contribution in [1.29, 1.82) is 0 Å². The fraction of sp³-hybridized carbons (Fsp3) is 0.583. The number of aliphatic carboxylic acids is 1. The summed E-state index contributed by atoms with van der Waals surface area (Å²) in [5.74, 6) is -1.89. The maximum absolute atomic E-state index is 11.7. The standard InChI is InChI=1S/C12H20N4O4/c1-8(9(2)11(18)19)10(17)13-12(20)14-16-6-4-15(3)5-7-16/h4-7H2,1-3H3,(H,18,19)(H2,13,14,17,20). The van der Waals surface area contributed by atoms with Gasteiger partial charge in [0.1, 0.15) is 0 Å². The van der Waals surface area contributed by atoms with E-state index in [-0.39, 0.29) is 11.1 Å². The molecule has 1 rings (SSSR count). The largest absolute Gasteiger partial charge is 0.478 e. The van der Waals surface area contributed by atoms with Crippen molar-refractivity contribution in [2.24, 2.45) is 0 Å². The van der Waals surface area contributed by atoms with Crippen LogP contribution in [-0.4, -0.2) is 66.1 Å². The molecule has 0 atom stereocenters. The first kappa shape index (κ1) is 16.1. The molecule has 0 aliphatic carbocycles. The van der Waals surface area contributed by atoms with Gasteiger partial charge in [0.2, 0.25) is 0 Å². The third kappa shape index (κ3) is 4.63. The smallest absolute Gasteiger partial charge is 0.336 e. The zero-order chi connectivity index (χ0) is 15.3. The number of hydrogen-bond donors (Lipinski definition) is 3. The number of rotatable bonds is 3. The van der Waals surface area contributed by atoms with Crippen molar-refractivity contribution in [3.63, 3.8) is 0 Å². The number of urea groups is 1. The number of carboxylic acid groups (broad SMARTS) is 1. The van der Waals surface area contributed by atoms with Crippen LogP contribution in [-0.2, 0) is 9.59 Å². The van der Waals surface area contributed by atoms with Gasteiger partial charge in [0, 0.05) is 37.3 Å². The second-order valence-electron chi connectivity index (χ2n) is 4.74.